The van der Waals surface area contributed by atoms with Crippen molar-refractivity contribution in [3.63, 3.8) is 0 Å². The molecule has 0 bridgehead atoms. The van der Waals surface area contributed by atoms with Crippen LogP contribution >= 0.6 is 11.6 Å². The van der Waals surface area contributed by atoms with Crippen molar-refractivity contribution in [2.45, 2.75) is 6.10 Å². The zero-order chi connectivity index (χ0) is 16.9. The van der Waals surface area contributed by atoms with Crippen LogP contribution in [-0.2, 0) is 4.74 Å². The van der Waals surface area contributed by atoms with E-state index in [0.29, 0.717) is 16.5 Å². The third kappa shape index (κ3) is 3.69. The number of urea groups is 1. The summed E-state index contributed by atoms with van der Waals surface area (Å²) in [7, 11) is 1.57. The second-order valence-corrected chi connectivity index (χ2v) is 5.63. The van der Waals surface area contributed by atoms with Crippen LogP contribution in [0, 0.1) is 0 Å². The van der Waals surface area contributed by atoms with E-state index in [-0.39, 0.29) is 18.7 Å². The van der Waals surface area contributed by atoms with E-state index in [4.69, 9.17) is 20.8 Å². The normalized spacial score (nSPS) is 12.1. The number of amides is 2. The number of fused-ring (bicyclic) bond motifs is 1. The Morgan fingerprint density at radius 1 is 1.21 bits per heavy atom. The van der Waals surface area contributed by atoms with Crippen molar-refractivity contribution < 1.29 is 13.9 Å². The van der Waals surface area contributed by atoms with Crippen molar-refractivity contribution in [1.29, 1.82) is 0 Å². The van der Waals surface area contributed by atoms with Crippen LogP contribution in [0.4, 0.5) is 10.5 Å². The van der Waals surface area contributed by atoms with Crippen LogP contribution in [0.5, 0.6) is 0 Å². The molecule has 0 saturated carbocycles. The monoisotopic (exact) mass is 344 g/mol. The molecule has 0 aliphatic carbocycles. The minimum absolute atomic E-state index is 0.270. The van der Waals surface area contributed by atoms with Gasteiger partial charge in [0.05, 0.1) is 17.3 Å². The van der Waals surface area contributed by atoms with E-state index in [2.05, 4.69) is 10.6 Å². The molecule has 0 aliphatic rings. The molecule has 1 heterocycles. The lowest BCUT2D eigenvalue weighted by Crippen LogP contribution is -2.32. The summed E-state index contributed by atoms with van der Waals surface area (Å²) in [5.74, 6) is 0.664. The predicted molar refractivity (Wildman–Crippen MR) is 94.4 cm³/mol. The van der Waals surface area contributed by atoms with Gasteiger partial charge in [-0.05, 0) is 24.3 Å². The summed E-state index contributed by atoms with van der Waals surface area (Å²) in [4.78, 5) is 12.0. The summed E-state index contributed by atoms with van der Waals surface area (Å²) < 4.78 is 11.2. The maximum atomic E-state index is 12.0. The Bertz CT molecular complexity index is 814. The minimum Gasteiger partial charge on any atom is -0.458 e. The summed E-state index contributed by atoms with van der Waals surface area (Å²) in [6.45, 7) is 0.270. The van der Waals surface area contributed by atoms with Gasteiger partial charge in [0.25, 0.3) is 0 Å². The van der Waals surface area contributed by atoms with Gasteiger partial charge in [0.2, 0.25) is 0 Å². The molecule has 3 rings (SSSR count). The highest BCUT2D eigenvalue weighted by atomic mass is 35.5. The number of furan rings is 1. The highest BCUT2D eigenvalue weighted by Gasteiger charge is 2.17. The van der Waals surface area contributed by atoms with E-state index >= 15 is 0 Å². The average molecular weight is 345 g/mol. The Morgan fingerprint density at radius 2 is 1.96 bits per heavy atom. The standard InChI is InChI=1S/C18H17ClN2O3/c1-23-17(16-10-12-6-2-5-9-15(12)24-16)11-20-18(22)21-14-8-4-3-7-13(14)19/h2-10,17H,11H2,1H3,(H2,20,21,22)/t17-/m1/s1. The molecular weight excluding hydrogens is 328 g/mol. The van der Waals surface area contributed by atoms with Crippen molar-refractivity contribution in [3.05, 3.63) is 65.4 Å². The quantitative estimate of drug-likeness (QED) is 0.711. The largest absolute Gasteiger partial charge is 0.458 e. The Kier molecular flexibility index (Phi) is 5.03. The SMILES string of the molecule is CO[C@H](CNC(=O)Nc1ccccc1Cl)c1cc2ccccc2o1. The molecular formula is C18H17ClN2O3. The second kappa shape index (κ2) is 7.38. The lowest BCUT2D eigenvalue weighted by atomic mass is 10.2. The molecule has 0 radical (unpaired) electrons. The second-order valence-electron chi connectivity index (χ2n) is 5.23. The van der Waals surface area contributed by atoms with Crippen LogP contribution in [0.1, 0.15) is 11.9 Å². The van der Waals surface area contributed by atoms with E-state index in [1.54, 1.807) is 31.4 Å². The van der Waals surface area contributed by atoms with Crippen LogP contribution in [0.3, 0.4) is 0 Å². The van der Waals surface area contributed by atoms with Crippen molar-refractivity contribution >= 4 is 34.3 Å². The number of carbonyl (C=O) groups is 1. The van der Waals surface area contributed by atoms with Crippen LogP contribution in [-0.4, -0.2) is 19.7 Å². The molecule has 6 heteroatoms. The fourth-order valence-corrected chi connectivity index (χ4v) is 2.56. The van der Waals surface area contributed by atoms with Crippen molar-refractivity contribution in [1.82, 2.24) is 5.32 Å². The molecule has 2 aromatic carbocycles. The van der Waals surface area contributed by atoms with Crippen LogP contribution in [0.15, 0.2) is 59.0 Å². The number of anilines is 1. The zero-order valence-electron chi connectivity index (χ0n) is 13.1. The molecule has 0 aliphatic heterocycles. The summed E-state index contributed by atoms with van der Waals surface area (Å²) in [6, 6.07) is 16.3. The number of benzene rings is 2. The van der Waals surface area contributed by atoms with Gasteiger partial charge < -0.3 is 19.8 Å². The van der Waals surface area contributed by atoms with E-state index in [1.165, 1.54) is 0 Å². The van der Waals surface area contributed by atoms with Gasteiger partial charge in [-0.1, -0.05) is 41.9 Å². The number of hydrogen-bond acceptors (Lipinski definition) is 3. The Hall–Kier alpha value is -2.50. The number of methoxy groups -OCH3 is 1. The van der Waals surface area contributed by atoms with E-state index in [9.17, 15) is 4.79 Å². The first kappa shape index (κ1) is 16.4. The highest BCUT2D eigenvalue weighted by molar-refractivity contribution is 6.33. The molecule has 3 aromatic rings. The number of hydrogen-bond donors (Lipinski definition) is 2. The first-order chi connectivity index (χ1) is 11.7. The number of para-hydroxylation sites is 2. The van der Waals surface area contributed by atoms with E-state index in [0.717, 1.165) is 11.0 Å². The summed E-state index contributed by atoms with van der Waals surface area (Å²) in [6.07, 6.45) is -0.380. The lowest BCUT2D eigenvalue weighted by Gasteiger charge is -2.14. The Morgan fingerprint density at radius 3 is 2.71 bits per heavy atom. The molecule has 1 aromatic heterocycles. The van der Waals surface area contributed by atoms with Gasteiger partial charge in [-0.25, -0.2) is 4.79 Å². The molecule has 0 spiro atoms. The van der Waals surface area contributed by atoms with Crippen LogP contribution < -0.4 is 10.6 Å². The third-order valence-electron chi connectivity index (χ3n) is 3.62. The fraction of sp³-hybridized carbons (Fsp3) is 0.167. The van der Waals surface area contributed by atoms with Crippen LogP contribution in [0.25, 0.3) is 11.0 Å². The van der Waals surface area contributed by atoms with Gasteiger partial charge in [0, 0.05) is 12.5 Å². The number of halogens is 1. The van der Waals surface area contributed by atoms with Gasteiger partial charge in [0.1, 0.15) is 17.4 Å². The van der Waals surface area contributed by atoms with Gasteiger partial charge in [0.15, 0.2) is 0 Å². The Balaban J connectivity index is 1.63. The molecule has 5 nitrogen and oxygen atoms in total. The molecule has 24 heavy (non-hydrogen) atoms. The topological polar surface area (TPSA) is 63.5 Å². The first-order valence-corrected chi connectivity index (χ1v) is 7.86. The predicted octanol–water partition coefficient (Wildman–Crippen LogP) is 4.60. The molecule has 2 amide bonds. The number of nitrogens with one attached hydrogen (secondary N) is 2. The zero-order valence-corrected chi connectivity index (χ0v) is 13.8. The summed E-state index contributed by atoms with van der Waals surface area (Å²) >= 11 is 6.02. The molecule has 0 fully saturated rings. The fourth-order valence-electron chi connectivity index (χ4n) is 2.38. The molecule has 124 valence electrons. The number of ether oxygens (including phenoxy) is 1. The Labute approximate surface area is 144 Å². The van der Waals surface area contributed by atoms with Gasteiger partial charge in [-0.2, -0.15) is 0 Å². The van der Waals surface area contributed by atoms with E-state index in [1.807, 2.05) is 30.3 Å². The minimum atomic E-state index is -0.380. The first-order valence-electron chi connectivity index (χ1n) is 7.48. The molecule has 0 saturated heterocycles. The molecule has 2 N–H and O–H groups in total. The van der Waals surface area contributed by atoms with E-state index < -0.39 is 0 Å². The lowest BCUT2D eigenvalue weighted by molar-refractivity contribution is 0.0870. The van der Waals surface area contributed by atoms with Crippen molar-refractivity contribution in [2.24, 2.45) is 0 Å². The summed E-state index contributed by atoms with van der Waals surface area (Å²) in [5.41, 5.74) is 1.34. The maximum Gasteiger partial charge on any atom is 0.319 e. The number of rotatable bonds is 5. The maximum absolute atomic E-state index is 12.0. The van der Waals surface area contributed by atoms with Crippen molar-refractivity contribution in [3.8, 4) is 0 Å². The average Bonchev–Trinajstić information content (AvgIpc) is 3.01. The third-order valence-corrected chi connectivity index (χ3v) is 3.95. The van der Waals surface area contributed by atoms with Gasteiger partial charge in [-0.15, -0.1) is 0 Å². The summed E-state index contributed by atoms with van der Waals surface area (Å²) in [5, 5.41) is 6.93. The van der Waals surface area contributed by atoms with Crippen molar-refractivity contribution in [2.75, 3.05) is 19.0 Å². The molecule has 1 atom stereocenters. The van der Waals surface area contributed by atoms with Crippen LogP contribution in [0.2, 0.25) is 5.02 Å². The number of carbonyl (C=O) groups excluding carboxylic acids is 1. The van der Waals surface area contributed by atoms with Gasteiger partial charge >= 0.3 is 6.03 Å². The van der Waals surface area contributed by atoms with Gasteiger partial charge in [-0.3, -0.25) is 0 Å². The highest BCUT2D eigenvalue weighted by Crippen LogP contribution is 2.25. The molecule has 0 unspecified atom stereocenters. The smallest absolute Gasteiger partial charge is 0.319 e.